The van der Waals surface area contributed by atoms with Gasteiger partial charge in [0.15, 0.2) is 0 Å². The van der Waals surface area contributed by atoms with Crippen molar-refractivity contribution in [1.82, 2.24) is 10.2 Å². The fourth-order valence-electron chi connectivity index (χ4n) is 3.43. The molecule has 2 heterocycles. The number of nitrogens with one attached hydrogen (secondary N) is 1. The number of halogens is 1. The van der Waals surface area contributed by atoms with Crippen LogP contribution in [-0.4, -0.2) is 46.4 Å². The van der Waals surface area contributed by atoms with E-state index in [1.54, 1.807) is 4.90 Å². The highest BCUT2D eigenvalue weighted by molar-refractivity contribution is 5.96. The van der Waals surface area contributed by atoms with Gasteiger partial charge in [0.2, 0.25) is 5.91 Å². The molecule has 1 saturated carbocycles. The maximum absolute atomic E-state index is 12.4. The van der Waals surface area contributed by atoms with Crippen LogP contribution in [0.2, 0.25) is 0 Å². The van der Waals surface area contributed by atoms with Crippen molar-refractivity contribution in [1.29, 1.82) is 5.26 Å². The number of piperidine rings is 1. The summed E-state index contributed by atoms with van der Waals surface area (Å²) in [7, 11) is 0. The van der Waals surface area contributed by atoms with E-state index in [1.807, 2.05) is 0 Å². The zero-order chi connectivity index (χ0) is 12.7. The second-order valence-corrected chi connectivity index (χ2v) is 5.31. The first-order valence-corrected chi connectivity index (χ1v) is 6.41. The molecule has 3 fully saturated rings. The van der Waals surface area contributed by atoms with Crippen molar-refractivity contribution in [3.05, 3.63) is 0 Å². The topological polar surface area (TPSA) is 88.7 Å². The second-order valence-electron chi connectivity index (χ2n) is 5.31. The molecule has 3 rings (SSSR count). The van der Waals surface area contributed by atoms with Gasteiger partial charge in [-0.1, -0.05) is 5.16 Å². The lowest BCUT2D eigenvalue weighted by Crippen LogP contribution is -2.52. The molecule has 6 nitrogen and oxygen atoms in total. The van der Waals surface area contributed by atoms with Crippen molar-refractivity contribution in [2.75, 3.05) is 6.54 Å². The van der Waals surface area contributed by atoms with Crippen LogP contribution in [0.4, 0.5) is 0 Å². The first kappa shape index (κ1) is 14.1. The van der Waals surface area contributed by atoms with E-state index < -0.39 is 0 Å². The number of oxime groups is 1. The molecular weight excluding hydrogens is 268 g/mol. The Kier molecular flexibility index (Phi) is 3.97. The quantitative estimate of drug-likeness (QED) is 0.542. The van der Waals surface area contributed by atoms with Gasteiger partial charge in [0.25, 0.3) is 0 Å². The summed E-state index contributed by atoms with van der Waals surface area (Å²) < 4.78 is 0. The van der Waals surface area contributed by atoms with Crippen LogP contribution in [0.1, 0.15) is 25.7 Å². The van der Waals surface area contributed by atoms with Gasteiger partial charge in [-0.05, 0) is 31.6 Å². The number of nitriles is 1. The molecule has 7 heteroatoms. The van der Waals surface area contributed by atoms with Gasteiger partial charge < -0.3 is 10.1 Å². The molecule has 4 atom stereocenters. The predicted molar refractivity (Wildman–Crippen MR) is 70.3 cm³/mol. The number of nitrogens with zero attached hydrogens (tertiary/aromatic N) is 3. The maximum atomic E-state index is 12.4. The van der Waals surface area contributed by atoms with Crippen LogP contribution in [0.15, 0.2) is 5.16 Å². The minimum Gasteiger partial charge on any atom is -0.411 e. The lowest BCUT2D eigenvalue weighted by molar-refractivity contribution is -0.134. The molecule has 19 heavy (non-hydrogen) atoms. The fraction of sp³-hybridized carbons (Fsp3) is 0.750. The van der Waals surface area contributed by atoms with Crippen molar-refractivity contribution in [2.24, 2.45) is 11.1 Å². The highest BCUT2D eigenvalue weighted by Gasteiger charge is 2.49. The SMILES string of the molecule is Cl.N#C[C@@H]1CCCN1C(=O)[C@H]1N[C@@H]2C[C@H]1CC2=NO. The van der Waals surface area contributed by atoms with E-state index in [0.29, 0.717) is 13.0 Å². The van der Waals surface area contributed by atoms with E-state index in [1.165, 1.54) is 0 Å². The van der Waals surface area contributed by atoms with Crippen LogP contribution in [0, 0.1) is 17.2 Å². The third-order valence-electron chi connectivity index (χ3n) is 4.34. The summed E-state index contributed by atoms with van der Waals surface area (Å²) >= 11 is 0. The van der Waals surface area contributed by atoms with Gasteiger partial charge in [-0.2, -0.15) is 5.26 Å². The van der Waals surface area contributed by atoms with Crippen molar-refractivity contribution in [3.8, 4) is 6.07 Å². The fourth-order valence-corrected chi connectivity index (χ4v) is 3.43. The summed E-state index contributed by atoms with van der Waals surface area (Å²) in [5.41, 5.74) is 0.752. The van der Waals surface area contributed by atoms with E-state index >= 15 is 0 Å². The largest absolute Gasteiger partial charge is 0.411 e. The molecule has 0 aromatic rings. The highest BCUT2D eigenvalue weighted by atomic mass is 35.5. The average molecular weight is 285 g/mol. The summed E-state index contributed by atoms with van der Waals surface area (Å²) in [6, 6.07) is 1.78. The van der Waals surface area contributed by atoms with Gasteiger partial charge in [0.1, 0.15) is 6.04 Å². The minimum absolute atomic E-state index is 0. The van der Waals surface area contributed by atoms with Crippen molar-refractivity contribution in [3.63, 3.8) is 0 Å². The molecule has 0 radical (unpaired) electrons. The third kappa shape index (κ3) is 2.17. The van der Waals surface area contributed by atoms with Gasteiger partial charge in [0, 0.05) is 12.6 Å². The first-order chi connectivity index (χ1) is 8.74. The Morgan fingerprint density at radius 3 is 2.95 bits per heavy atom. The van der Waals surface area contributed by atoms with Crippen molar-refractivity contribution < 1.29 is 10.0 Å². The molecular formula is C12H17ClN4O2. The Morgan fingerprint density at radius 2 is 2.37 bits per heavy atom. The standard InChI is InChI=1S/C12H16N4O2.ClH/c13-6-8-2-1-3-16(8)12(17)11-7-4-9(14-11)10(5-7)15-18;/h7-9,11,14,18H,1-5H2;1H/t7-,8-,9+,11-;/m0./s1. The van der Waals surface area contributed by atoms with Crippen LogP contribution in [0.5, 0.6) is 0 Å². The van der Waals surface area contributed by atoms with Crippen LogP contribution < -0.4 is 5.32 Å². The number of hydrogen-bond acceptors (Lipinski definition) is 5. The summed E-state index contributed by atoms with van der Waals surface area (Å²) in [6.07, 6.45) is 3.25. The number of fused-ring (bicyclic) bond motifs is 2. The Hall–Kier alpha value is -1.32. The zero-order valence-corrected chi connectivity index (χ0v) is 11.3. The number of likely N-dealkylation sites (tertiary alicyclic amines) is 1. The summed E-state index contributed by atoms with van der Waals surface area (Å²) in [6.45, 7) is 0.688. The second kappa shape index (κ2) is 5.35. The Bertz CT molecular complexity index is 448. The summed E-state index contributed by atoms with van der Waals surface area (Å²) in [5, 5.41) is 24.3. The summed E-state index contributed by atoms with van der Waals surface area (Å²) in [5.74, 6) is 0.261. The Morgan fingerprint density at radius 1 is 1.58 bits per heavy atom. The van der Waals surface area contributed by atoms with Crippen LogP contribution in [0.3, 0.4) is 0 Å². The van der Waals surface area contributed by atoms with Crippen LogP contribution >= 0.6 is 12.4 Å². The van der Waals surface area contributed by atoms with Crippen molar-refractivity contribution >= 4 is 24.0 Å². The maximum Gasteiger partial charge on any atom is 0.241 e. The summed E-state index contributed by atoms with van der Waals surface area (Å²) in [4.78, 5) is 14.1. The molecule has 0 unspecified atom stereocenters. The average Bonchev–Trinajstić information content (AvgIpc) is 3.10. The predicted octanol–water partition coefficient (Wildman–Crippen LogP) is 0.503. The first-order valence-electron chi connectivity index (χ1n) is 6.41. The zero-order valence-electron chi connectivity index (χ0n) is 10.5. The molecule has 2 saturated heterocycles. The lowest BCUT2D eigenvalue weighted by Gasteiger charge is -2.28. The molecule has 3 aliphatic rings. The van der Waals surface area contributed by atoms with Crippen LogP contribution in [0.25, 0.3) is 0 Å². The molecule has 1 aliphatic carbocycles. The number of carbonyl (C=O) groups excluding carboxylic acids is 1. The Balaban J connectivity index is 0.00000133. The molecule has 0 spiro atoms. The lowest BCUT2D eigenvalue weighted by atomic mass is 9.98. The minimum atomic E-state index is -0.260. The van der Waals surface area contributed by atoms with E-state index in [2.05, 4.69) is 16.5 Å². The molecule has 0 aromatic heterocycles. The molecule has 104 valence electrons. The molecule has 2 bridgehead atoms. The number of hydrogen-bond donors (Lipinski definition) is 2. The monoisotopic (exact) mass is 284 g/mol. The number of rotatable bonds is 1. The van der Waals surface area contributed by atoms with Crippen molar-refractivity contribution in [2.45, 2.75) is 43.8 Å². The number of amides is 1. The van der Waals surface area contributed by atoms with Crippen LogP contribution in [-0.2, 0) is 4.79 Å². The van der Waals surface area contributed by atoms with E-state index in [-0.39, 0.29) is 42.4 Å². The molecule has 1 amide bonds. The van der Waals surface area contributed by atoms with E-state index in [0.717, 1.165) is 25.0 Å². The van der Waals surface area contributed by atoms with Gasteiger partial charge in [0.05, 0.1) is 17.8 Å². The van der Waals surface area contributed by atoms with E-state index in [4.69, 9.17) is 10.5 Å². The molecule has 2 aliphatic heterocycles. The Labute approximate surface area is 117 Å². The van der Waals surface area contributed by atoms with Gasteiger partial charge in [-0.15, -0.1) is 12.4 Å². The third-order valence-corrected chi connectivity index (χ3v) is 4.34. The molecule has 0 aromatic carbocycles. The normalized spacial score (nSPS) is 38.3. The number of carbonyl (C=O) groups is 1. The van der Waals surface area contributed by atoms with Gasteiger partial charge >= 0.3 is 0 Å². The highest BCUT2D eigenvalue weighted by Crippen LogP contribution is 2.35. The molecule has 2 N–H and O–H groups in total. The smallest absolute Gasteiger partial charge is 0.241 e. The van der Waals surface area contributed by atoms with Gasteiger partial charge in [-0.25, -0.2) is 0 Å². The van der Waals surface area contributed by atoms with Gasteiger partial charge in [-0.3, -0.25) is 10.1 Å². The van der Waals surface area contributed by atoms with E-state index in [9.17, 15) is 4.79 Å².